The van der Waals surface area contributed by atoms with E-state index in [-0.39, 0.29) is 5.91 Å². The molecular weight excluding hydrogens is 590 g/mol. The molecule has 41 heavy (non-hydrogen) atoms. The number of allylic oxidation sites excluding steroid dienone is 9. The first-order chi connectivity index (χ1) is 19.6. The zero-order valence-electron chi connectivity index (χ0n) is 25.9. The van der Waals surface area contributed by atoms with Crippen molar-refractivity contribution in [1.29, 1.82) is 0 Å². The Morgan fingerprint density at radius 1 is 1.05 bits per heavy atom. The van der Waals surface area contributed by atoms with Gasteiger partial charge in [0.15, 0.2) is 0 Å². The lowest BCUT2D eigenvalue weighted by Gasteiger charge is -2.06. The van der Waals surface area contributed by atoms with Gasteiger partial charge < -0.3 is 5.32 Å². The Kier molecular flexibility index (Phi) is 21.6. The van der Waals surface area contributed by atoms with Crippen LogP contribution in [0.5, 0.6) is 0 Å². The third-order valence-electron chi connectivity index (χ3n) is 5.23. The Balaban J connectivity index is 0.000000881. The summed E-state index contributed by atoms with van der Waals surface area (Å²) < 4.78 is 1.11. The van der Waals surface area contributed by atoms with E-state index >= 15 is 0 Å². The molecule has 2 aromatic rings. The maximum Gasteiger partial charge on any atom is 0.224 e. The molecule has 4 nitrogen and oxygen atoms in total. The minimum absolute atomic E-state index is 0.0120. The average Bonchev–Trinajstić information content (AvgIpc) is 3.08. The van der Waals surface area contributed by atoms with Gasteiger partial charge in [0.05, 0.1) is 5.70 Å². The van der Waals surface area contributed by atoms with Gasteiger partial charge >= 0.3 is 0 Å². The molecule has 6 heteroatoms. The van der Waals surface area contributed by atoms with E-state index in [9.17, 15) is 4.79 Å². The minimum atomic E-state index is -0.0120. The molecular formula is C35H46BrN3OS. The molecule has 0 saturated carbocycles. The summed E-state index contributed by atoms with van der Waals surface area (Å²) in [5, 5.41) is 2.90. The number of fused-ring (bicyclic) bond motifs is 1. The van der Waals surface area contributed by atoms with E-state index in [0.717, 1.165) is 31.9 Å². The molecule has 0 saturated heterocycles. The number of benzene rings is 1. The highest BCUT2D eigenvalue weighted by Gasteiger charge is 2.13. The van der Waals surface area contributed by atoms with Crippen LogP contribution in [0.2, 0.25) is 0 Å². The van der Waals surface area contributed by atoms with Gasteiger partial charge in [-0.05, 0) is 83.6 Å². The number of nitrogens with zero attached hydrogens (tertiary/aromatic N) is 2. The van der Waals surface area contributed by atoms with Gasteiger partial charge in [-0.25, -0.2) is 0 Å². The fourth-order valence-electron chi connectivity index (χ4n) is 2.78. The summed E-state index contributed by atoms with van der Waals surface area (Å²) in [6, 6.07) is 12.1. The lowest BCUT2D eigenvalue weighted by atomic mass is 10.1. The standard InChI is InChI=1S/C21H21N3OS.C5H7Br.C5H10.C4H8/c1-15-18-8-3-4-9-20(18)26-19(16(2)24-15)10-5-11-21(25)23-14-17-7-6-12-22-13-17;1-3-4-5(2)6;1-4-5(2)3;1-3-4-2/h3-10,12-13H,11,14H2,1-2H3,(H,23,25);3-4H,1H2,2H3;4H,1-3H3;3-4H,1-2H3/b10-5-;5-4+;;4-3-. The molecule has 0 spiro atoms. The van der Waals surface area contributed by atoms with Gasteiger partial charge in [0.25, 0.3) is 0 Å². The van der Waals surface area contributed by atoms with E-state index in [0.29, 0.717) is 13.0 Å². The van der Waals surface area contributed by atoms with Crippen LogP contribution < -0.4 is 5.32 Å². The third kappa shape index (κ3) is 18.7. The lowest BCUT2D eigenvalue weighted by Crippen LogP contribution is -2.21. The highest BCUT2D eigenvalue weighted by molar-refractivity contribution is 9.11. The summed E-state index contributed by atoms with van der Waals surface area (Å²) in [6.45, 7) is 20.2. The summed E-state index contributed by atoms with van der Waals surface area (Å²) >= 11 is 4.91. The molecule has 1 amide bonds. The van der Waals surface area contributed by atoms with Crippen molar-refractivity contribution in [2.45, 2.75) is 73.3 Å². The van der Waals surface area contributed by atoms with Crippen LogP contribution in [-0.2, 0) is 11.3 Å². The van der Waals surface area contributed by atoms with Crippen LogP contribution in [0, 0.1) is 0 Å². The van der Waals surface area contributed by atoms with Crippen molar-refractivity contribution in [2.24, 2.45) is 4.99 Å². The number of nitrogens with one attached hydrogen (secondary N) is 1. The second-order valence-electron chi connectivity index (χ2n) is 9.01. The van der Waals surface area contributed by atoms with Crippen LogP contribution >= 0.6 is 27.7 Å². The van der Waals surface area contributed by atoms with Crippen LogP contribution in [0.1, 0.15) is 72.9 Å². The molecule has 1 N–H and O–H groups in total. The number of carbonyl (C=O) groups excluding carboxylic acids is 1. The molecule has 1 aliphatic heterocycles. The van der Waals surface area contributed by atoms with Gasteiger partial charge in [-0.3, -0.25) is 14.8 Å². The van der Waals surface area contributed by atoms with Crippen molar-refractivity contribution in [3.8, 4) is 0 Å². The number of thioether (sulfide) groups is 1. The molecule has 0 radical (unpaired) electrons. The summed E-state index contributed by atoms with van der Waals surface area (Å²) in [7, 11) is 0. The van der Waals surface area contributed by atoms with Crippen molar-refractivity contribution in [3.63, 3.8) is 0 Å². The number of carbonyl (C=O) groups is 1. The summed E-state index contributed by atoms with van der Waals surface area (Å²) in [5.41, 5.74) is 5.52. The molecule has 0 atom stereocenters. The lowest BCUT2D eigenvalue weighted by molar-refractivity contribution is -0.120. The van der Waals surface area contributed by atoms with Gasteiger partial charge in [0.2, 0.25) is 5.91 Å². The highest BCUT2D eigenvalue weighted by atomic mass is 79.9. The van der Waals surface area contributed by atoms with E-state index in [1.165, 1.54) is 10.5 Å². The van der Waals surface area contributed by atoms with E-state index in [4.69, 9.17) is 0 Å². The van der Waals surface area contributed by atoms with Gasteiger partial charge in [-0.2, -0.15) is 0 Å². The van der Waals surface area contributed by atoms with Gasteiger partial charge in [-0.1, -0.05) is 101 Å². The van der Waals surface area contributed by atoms with Crippen LogP contribution in [0.4, 0.5) is 0 Å². The molecule has 0 aliphatic carbocycles. The smallest absolute Gasteiger partial charge is 0.224 e. The summed E-state index contributed by atoms with van der Waals surface area (Å²) in [4.78, 5) is 23.0. The number of pyridine rings is 1. The number of aliphatic imine (C=N–C) groups is 1. The number of aromatic nitrogens is 1. The number of hydrogen-bond acceptors (Lipinski definition) is 4. The van der Waals surface area contributed by atoms with Crippen molar-refractivity contribution >= 4 is 39.3 Å². The summed E-state index contributed by atoms with van der Waals surface area (Å²) in [5.74, 6) is -0.0120. The van der Waals surface area contributed by atoms with E-state index < -0.39 is 0 Å². The zero-order valence-corrected chi connectivity index (χ0v) is 28.3. The summed E-state index contributed by atoms with van der Waals surface area (Å²) in [6.07, 6.45) is 17.4. The molecule has 0 bridgehead atoms. The number of halogens is 1. The Hall–Kier alpha value is -3.22. The van der Waals surface area contributed by atoms with E-state index in [1.807, 2.05) is 96.2 Å². The van der Waals surface area contributed by atoms with Crippen molar-refractivity contribution < 1.29 is 4.79 Å². The first kappa shape index (κ1) is 37.8. The Bertz CT molecular complexity index is 1240. The molecule has 0 fully saturated rings. The molecule has 3 rings (SSSR count). The molecule has 1 aliphatic rings. The SMILES string of the molecule is C/C=C\C.C=C/C=C(\C)Br.CC1=NC(C)=C(/C=C\CC(=O)NCc2cccnc2)Sc2ccccc21.CC=C(C)C. The fraction of sp³-hybridized carbons (Fsp3) is 0.286. The van der Waals surface area contributed by atoms with Crippen molar-refractivity contribution in [1.82, 2.24) is 10.3 Å². The number of rotatable bonds is 6. The predicted molar refractivity (Wildman–Crippen MR) is 186 cm³/mol. The first-order valence-corrected chi connectivity index (χ1v) is 15.2. The largest absolute Gasteiger partial charge is 0.352 e. The van der Waals surface area contributed by atoms with E-state index in [1.54, 1.807) is 30.2 Å². The molecule has 1 aromatic heterocycles. The van der Waals surface area contributed by atoms with Crippen molar-refractivity contribution in [2.75, 3.05) is 0 Å². The normalized spacial score (nSPS) is 12.3. The minimum Gasteiger partial charge on any atom is -0.352 e. The maximum atomic E-state index is 12.0. The van der Waals surface area contributed by atoms with Crippen LogP contribution in [0.3, 0.4) is 0 Å². The average molecular weight is 637 g/mol. The predicted octanol–water partition coefficient (Wildman–Crippen LogP) is 10.5. The van der Waals surface area contributed by atoms with Crippen LogP contribution in [0.15, 0.2) is 128 Å². The van der Waals surface area contributed by atoms with Gasteiger partial charge in [0, 0.05) is 46.4 Å². The third-order valence-corrected chi connectivity index (χ3v) is 6.72. The van der Waals surface area contributed by atoms with Crippen LogP contribution in [0.25, 0.3) is 0 Å². The zero-order chi connectivity index (χ0) is 31.0. The fourth-order valence-corrected chi connectivity index (χ4v) is 4.03. The van der Waals surface area contributed by atoms with Crippen molar-refractivity contribution in [3.05, 3.63) is 130 Å². The van der Waals surface area contributed by atoms with Crippen LogP contribution in [-0.4, -0.2) is 16.6 Å². The first-order valence-electron chi connectivity index (χ1n) is 13.6. The Morgan fingerprint density at radius 2 is 1.71 bits per heavy atom. The Morgan fingerprint density at radius 3 is 2.22 bits per heavy atom. The number of hydrogen-bond donors (Lipinski definition) is 1. The molecule has 0 unspecified atom stereocenters. The molecule has 1 aromatic carbocycles. The number of amides is 1. The Labute approximate surface area is 261 Å². The highest BCUT2D eigenvalue weighted by Crippen LogP contribution is 2.35. The second kappa shape index (κ2) is 23.5. The quantitative estimate of drug-likeness (QED) is 0.254. The van der Waals surface area contributed by atoms with Gasteiger partial charge in [-0.15, -0.1) is 0 Å². The van der Waals surface area contributed by atoms with Gasteiger partial charge in [0.1, 0.15) is 0 Å². The second-order valence-corrected chi connectivity index (χ2v) is 11.3. The topological polar surface area (TPSA) is 54.4 Å². The maximum absolute atomic E-state index is 12.0. The molecule has 2 heterocycles. The monoisotopic (exact) mass is 635 g/mol. The molecule has 220 valence electrons. The van der Waals surface area contributed by atoms with E-state index in [2.05, 4.69) is 69.9 Å².